The van der Waals surface area contributed by atoms with E-state index in [1.807, 2.05) is 67.6 Å². The van der Waals surface area contributed by atoms with Crippen molar-refractivity contribution >= 4 is 12.1 Å². The standard InChI is InChI=1S/C22H23NO6/c1-17(27-13-18-8-4-2-5-9-18)12-26-15-20-21(24)29-16-23(20)22(25)28-14-19-10-6-3-7-11-19/h2-11,15,17H,12-14,16H2,1H3/b20-15+/t17-/m1/s1. The van der Waals surface area contributed by atoms with E-state index in [-0.39, 0.29) is 31.7 Å². The number of hydrogen-bond donors (Lipinski definition) is 0. The Hall–Kier alpha value is -3.32. The smallest absolute Gasteiger partial charge is 0.417 e. The molecule has 1 fully saturated rings. The van der Waals surface area contributed by atoms with Gasteiger partial charge in [0.2, 0.25) is 0 Å². The lowest BCUT2D eigenvalue weighted by Crippen LogP contribution is -2.28. The lowest BCUT2D eigenvalue weighted by molar-refractivity contribution is -0.135. The second-order valence-corrected chi connectivity index (χ2v) is 6.47. The van der Waals surface area contributed by atoms with Gasteiger partial charge in [0, 0.05) is 0 Å². The molecule has 0 spiro atoms. The van der Waals surface area contributed by atoms with Crippen molar-refractivity contribution in [2.75, 3.05) is 13.3 Å². The van der Waals surface area contributed by atoms with Crippen LogP contribution in [-0.4, -0.2) is 36.4 Å². The van der Waals surface area contributed by atoms with Crippen molar-refractivity contribution in [1.82, 2.24) is 4.90 Å². The van der Waals surface area contributed by atoms with Gasteiger partial charge in [0.15, 0.2) is 12.4 Å². The van der Waals surface area contributed by atoms with Crippen LogP contribution in [0, 0.1) is 0 Å². The van der Waals surface area contributed by atoms with Crippen LogP contribution in [0.4, 0.5) is 4.79 Å². The van der Waals surface area contributed by atoms with Gasteiger partial charge in [-0.1, -0.05) is 60.7 Å². The fourth-order valence-corrected chi connectivity index (χ4v) is 2.56. The Kier molecular flexibility index (Phi) is 7.24. The molecule has 7 nitrogen and oxygen atoms in total. The van der Waals surface area contributed by atoms with Crippen LogP contribution >= 0.6 is 0 Å². The molecule has 29 heavy (non-hydrogen) atoms. The van der Waals surface area contributed by atoms with Crippen molar-refractivity contribution in [3.05, 3.63) is 83.7 Å². The van der Waals surface area contributed by atoms with Crippen LogP contribution in [-0.2, 0) is 37.0 Å². The second kappa shape index (κ2) is 10.3. The average Bonchev–Trinajstić information content (AvgIpc) is 3.12. The number of nitrogens with zero attached hydrogens (tertiary/aromatic N) is 1. The number of ether oxygens (including phenoxy) is 4. The van der Waals surface area contributed by atoms with Gasteiger partial charge in [-0.15, -0.1) is 0 Å². The molecule has 0 bridgehead atoms. The zero-order chi connectivity index (χ0) is 20.5. The van der Waals surface area contributed by atoms with Crippen LogP contribution in [0.2, 0.25) is 0 Å². The summed E-state index contributed by atoms with van der Waals surface area (Å²) in [7, 11) is 0. The van der Waals surface area contributed by atoms with Crippen LogP contribution in [0.3, 0.4) is 0 Å². The summed E-state index contributed by atoms with van der Waals surface area (Å²) in [6.45, 7) is 2.43. The molecule has 0 aromatic heterocycles. The largest absolute Gasteiger partial charge is 0.496 e. The first-order valence-electron chi connectivity index (χ1n) is 9.26. The SMILES string of the molecule is C[C@H](CO/C=C1\C(=O)OCN1C(=O)OCc1ccccc1)OCc1ccccc1. The van der Waals surface area contributed by atoms with E-state index in [1.54, 1.807) is 0 Å². The summed E-state index contributed by atoms with van der Waals surface area (Å²) in [5.74, 6) is -0.639. The lowest BCUT2D eigenvalue weighted by Gasteiger charge is -2.15. The molecule has 1 atom stereocenters. The molecule has 2 aromatic carbocycles. The quantitative estimate of drug-likeness (QED) is 0.385. The number of rotatable bonds is 8. The monoisotopic (exact) mass is 397 g/mol. The predicted octanol–water partition coefficient (Wildman–Crippen LogP) is 3.60. The first-order chi connectivity index (χ1) is 14.1. The van der Waals surface area contributed by atoms with Gasteiger partial charge in [-0.25, -0.2) is 14.5 Å². The number of cyclic esters (lactones) is 1. The van der Waals surface area contributed by atoms with E-state index in [0.717, 1.165) is 16.0 Å². The third kappa shape index (κ3) is 6.08. The van der Waals surface area contributed by atoms with Gasteiger partial charge in [-0.3, -0.25) is 0 Å². The number of carbonyl (C=O) groups excluding carboxylic acids is 2. The van der Waals surface area contributed by atoms with E-state index in [4.69, 9.17) is 18.9 Å². The first kappa shape index (κ1) is 20.4. The molecule has 1 aliphatic rings. The number of benzene rings is 2. The molecule has 1 saturated heterocycles. The molecule has 0 unspecified atom stereocenters. The van der Waals surface area contributed by atoms with E-state index < -0.39 is 12.1 Å². The van der Waals surface area contributed by atoms with Crippen LogP contribution in [0.5, 0.6) is 0 Å². The second-order valence-electron chi connectivity index (χ2n) is 6.47. The van der Waals surface area contributed by atoms with Gasteiger partial charge in [0.05, 0.1) is 12.7 Å². The van der Waals surface area contributed by atoms with Gasteiger partial charge in [-0.05, 0) is 18.1 Å². The van der Waals surface area contributed by atoms with Crippen molar-refractivity contribution in [1.29, 1.82) is 0 Å². The minimum atomic E-state index is -0.678. The van der Waals surface area contributed by atoms with Crippen molar-refractivity contribution in [2.45, 2.75) is 26.2 Å². The maximum Gasteiger partial charge on any atom is 0.417 e. The normalized spacial score (nSPS) is 15.8. The average molecular weight is 397 g/mol. The van der Waals surface area contributed by atoms with Gasteiger partial charge in [0.25, 0.3) is 0 Å². The lowest BCUT2D eigenvalue weighted by atomic mass is 10.2. The summed E-state index contributed by atoms with van der Waals surface area (Å²) < 4.78 is 21.3. The topological polar surface area (TPSA) is 74.3 Å². The molecule has 0 aliphatic carbocycles. The molecule has 152 valence electrons. The first-order valence-corrected chi connectivity index (χ1v) is 9.26. The Morgan fingerprint density at radius 2 is 1.69 bits per heavy atom. The van der Waals surface area contributed by atoms with Gasteiger partial charge < -0.3 is 18.9 Å². The molecule has 0 saturated carbocycles. The van der Waals surface area contributed by atoms with E-state index in [1.165, 1.54) is 6.26 Å². The van der Waals surface area contributed by atoms with Crippen molar-refractivity contribution in [3.8, 4) is 0 Å². The minimum absolute atomic E-state index is 0.00155. The van der Waals surface area contributed by atoms with Gasteiger partial charge >= 0.3 is 12.1 Å². The third-order valence-electron chi connectivity index (χ3n) is 4.15. The maximum absolute atomic E-state index is 12.3. The molecular formula is C22H23NO6. The molecule has 0 radical (unpaired) electrons. The van der Waals surface area contributed by atoms with Crippen LogP contribution < -0.4 is 0 Å². The van der Waals surface area contributed by atoms with Gasteiger partial charge in [-0.2, -0.15) is 0 Å². The van der Waals surface area contributed by atoms with E-state index in [2.05, 4.69) is 0 Å². The zero-order valence-corrected chi connectivity index (χ0v) is 16.2. The Balaban J connectivity index is 1.47. The Bertz CT molecular complexity index is 837. The summed E-state index contributed by atoms with van der Waals surface area (Å²) in [4.78, 5) is 25.3. The number of amides is 1. The van der Waals surface area contributed by atoms with Crippen LogP contribution in [0.1, 0.15) is 18.1 Å². The molecule has 1 amide bonds. The van der Waals surface area contributed by atoms with E-state index in [0.29, 0.717) is 6.61 Å². The predicted molar refractivity (Wildman–Crippen MR) is 104 cm³/mol. The summed E-state index contributed by atoms with van der Waals surface area (Å²) in [5.41, 5.74) is 1.90. The molecule has 3 rings (SSSR count). The number of carbonyl (C=O) groups is 2. The molecule has 1 heterocycles. The Morgan fingerprint density at radius 1 is 1.07 bits per heavy atom. The summed E-state index contributed by atoms with van der Waals surface area (Å²) in [6, 6.07) is 19.1. The fraction of sp³-hybridized carbons (Fsp3) is 0.273. The highest BCUT2D eigenvalue weighted by Crippen LogP contribution is 2.17. The van der Waals surface area contributed by atoms with Gasteiger partial charge in [0.1, 0.15) is 19.5 Å². The molecular weight excluding hydrogens is 374 g/mol. The fourth-order valence-electron chi connectivity index (χ4n) is 2.56. The molecule has 0 N–H and O–H groups in total. The number of hydrogen-bond acceptors (Lipinski definition) is 6. The summed E-state index contributed by atoms with van der Waals surface area (Å²) in [5, 5.41) is 0. The maximum atomic E-state index is 12.3. The van der Waals surface area contributed by atoms with Crippen molar-refractivity contribution < 1.29 is 28.5 Å². The van der Waals surface area contributed by atoms with E-state index in [9.17, 15) is 9.59 Å². The summed E-state index contributed by atoms with van der Waals surface area (Å²) >= 11 is 0. The van der Waals surface area contributed by atoms with Crippen molar-refractivity contribution in [2.24, 2.45) is 0 Å². The van der Waals surface area contributed by atoms with Crippen molar-refractivity contribution in [3.63, 3.8) is 0 Å². The zero-order valence-electron chi connectivity index (χ0n) is 16.2. The highest BCUT2D eigenvalue weighted by Gasteiger charge is 2.34. The molecule has 1 aliphatic heterocycles. The molecule has 7 heteroatoms. The Labute approximate surface area is 169 Å². The third-order valence-corrected chi connectivity index (χ3v) is 4.15. The van der Waals surface area contributed by atoms with Crippen LogP contribution in [0.25, 0.3) is 0 Å². The highest BCUT2D eigenvalue weighted by atomic mass is 16.6. The summed E-state index contributed by atoms with van der Waals surface area (Å²) in [6.07, 6.45) is 0.326. The Morgan fingerprint density at radius 3 is 2.34 bits per heavy atom. The molecule has 2 aromatic rings. The minimum Gasteiger partial charge on any atom is -0.496 e. The highest BCUT2D eigenvalue weighted by molar-refractivity contribution is 5.94. The van der Waals surface area contributed by atoms with E-state index >= 15 is 0 Å². The van der Waals surface area contributed by atoms with Crippen LogP contribution in [0.15, 0.2) is 72.6 Å². The number of esters is 1.